The summed E-state index contributed by atoms with van der Waals surface area (Å²) in [7, 11) is 2.18. The average Bonchev–Trinajstić information content (AvgIpc) is 3.26. The van der Waals surface area contributed by atoms with Gasteiger partial charge < -0.3 is 14.8 Å². The van der Waals surface area contributed by atoms with Crippen LogP contribution in [0.3, 0.4) is 0 Å². The van der Waals surface area contributed by atoms with Crippen LogP contribution in [0.25, 0.3) is 28.2 Å². The normalized spacial score (nSPS) is 16.0. The summed E-state index contributed by atoms with van der Waals surface area (Å²) in [5.41, 5.74) is 6.50. The Kier molecular flexibility index (Phi) is 3.46. The van der Waals surface area contributed by atoms with Gasteiger partial charge in [-0.3, -0.25) is 4.40 Å². The number of pyridine rings is 1. The van der Waals surface area contributed by atoms with Crippen LogP contribution in [0.4, 0.5) is 5.69 Å². The molecule has 6 nitrogen and oxygen atoms in total. The molecule has 1 aliphatic heterocycles. The Labute approximate surface area is 152 Å². The second-order valence-corrected chi connectivity index (χ2v) is 7.11. The van der Waals surface area contributed by atoms with Crippen LogP contribution in [0.15, 0.2) is 42.7 Å². The zero-order chi connectivity index (χ0) is 17.7. The zero-order valence-corrected chi connectivity index (χ0v) is 15.1. The first-order valence-corrected chi connectivity index (χ1v) is 9.05. The summed E-state index contributed by atoms with van der Waals surface area (Å²) in [5, 5.41) is 0. The second kappa shape index (κ2) is 5.85. The van der Waals surface area contributed by atoms with E-state index in [4.69, 9.17) is 4.98 Å². The summed E-state index contributed by atoms with van der Waals surface area (Å²) in [5.74, 6) is 0.859. The van der Waals surface area contributed by atoms with Crippen molar-refractivity contribution in [3.05, 3.63) is 48.3 Å². The van der Waals surface area contributed by atoms with Gasteiger partial charge in [-0.2, -0.15) is 0 Å². The van der Waals surface area contributed by atoms with Gasteiger partial charge in [-0.1, -0.05) is 6.07 Å². The molecule has 4 heterocycles. The topological polar surface area (TPSA) is 52.5 Å². The number of nitrogens with zero attached hydrogens (tertiary/aromatic N) is 5. The van der Waals surface area contributed by atoms with Crippen LogP contribution in [0.2, 0.25) is 0 Å². The lowest BCUT2D eigenvalue weighted by Crippen LogP contribution is -2.44. The number of benzene rings is 1. The van der Waals surface area contributed by atoms with Crippen molar-refractivity contribution in [3.63, 3.8) is 0 Å². The Hall–Kier alpha value is -2.86. The first-order chi connectivity index (χ1) is 12.7. The van der Waals surface area contributed by atoms with Gasteiger partial charge >= 0.3 is 0 Å². The molecule has 0 saturated carbocycles. The molecule has 0 spiro atoms. The third kappa shape index (κ3) is 2.45. The van der Waals surface area contributed by atoms with Gasteiger partial charge in [0.2, 0.25) is 0 Å². The molecule has 0 aliphatic carbocycles. The lowest BCUT2D eigenvalue weighted by Gasteiger charge is -2.34. The Bertz CT molecular complexity index is 1080. The van der Waals surface area contributed by atoms with Crippen LogP contribution in [0, 0.1) is 6.92 Å². The smallest absolute Gasteiger partial charge is 0.157 e. The van der Waals surface area contributed by atoms with E-state index < -0.39 is 0 Å². The Balaban J connectivity index is 1.58. The van der Waals surface area contributed by atoms with Gasteiger partial charge in [-0.15, -0.1) is 0 Å². The maximum Gasteiger partial charge on any atom is 0.157 e. The molecule has 0 atom stereocenters. The van der Waals surface area contributed by atoms with E-state index in [9.17, 15) is 0 Å². The van der Waals surface area contributed by atoms with E-state index in [1.807, 2.05) is 30.6 Å². The van der Waals surface area contributed by atoms with Crippen LogP contribution in [0.1, 0.15) is 5.56 Å². The molecule has 1 fully saturated rings. The van der Waals surface area contributed by atoms with Crippen LogP contribution >= 0.6 is 0 Å². The molecule has 1 aromatic carbocycles. The van der Waals surface area contributed by atoms with E-state index in [1.54, 1.807) is 0 Å². The van der Waals surface area contributed by atoms with E-state index in [2.05, 4.69) is 50.3 Å². The van der Waals surface area contributed by atoms with E-state index in [-0.39, 0.29) is 0 Å². The molecule has 1 N–H and O–H groups in total. The minimum Gasteiger partial charge on any atom is -0.369 e. The van der Waals surface area contributed by atoms with Crippen molar-refractivity contribution >= 4 is 22.4 Å². The highest BCUT2D eigenvalue weighted by Gasteiger charge is 2.17. The molecular weight excluding hydrogens is 324 g/mol. The highest BCUT2D eigenvalue weighted by molar-refractivity contribution is 5.85. The maximum absolute atomic E-state index is 4.86. The van der Waals surface area contributed by atoms with Gasteiger partial charge in [-0.25, -0.2) is 9.97 Å². The predicted octanol–water partition coefficient (Wildman–Crippen LogP) is 2.94. The summed E-state index contributed by atoms with van der Waals surface area (Å²) >= 11 is 0. The summed E-state index contributed by atoms with van der Waals surface area (Å²) in [6.07, 6.45) is 3.90. The van der Waals surface area contributed by atoms with Crippen LogP contribution in [0.5, 0.6) is 0 Å². The number of aromatic amines is 1. The third-order valence-corrected chi connectivity index (χ3v) is 5.29. The largest absolute Gasteiger partial charge is 0.369 e. The number of piperazine rings is 1. The number of aryl methyl sites for hydroxylation is 1. The molecule has 3 aromatic heterocycles. The number of anilines is 1. The van der Waals surface area contributed by atoms with Gasteiger partial charge in [-0.05, 0) is 43.8 Å². The Morgan fingerprint density at radius 1 is 1.08 bits per heavy atom. The number of aromatic nitrogens is 4. The highest BCUT2D eigenvalue weighted by Crippen LogP contribution is 2.28. The maximum atomic E-state index is 4.86. The third-order valence-electron chi connectivity index (χ3n) is 5.29. The van der Waals surface area contributed by atoms with Crippen molar-refractivity contribution < 1.29 is 0 Å². The SMILES string of the molecule is Cc1cc(N2CCN(C)CC2)cc2[nH]c(-c3cnc4ccccn34)nc12. The van der Waals surface area contributed by atoms with Crippen molar-refractivity contribution in [1.29, 1.82) is 0 Å². The molecule has 4 aromatic rings. The number of hydrogen-bond donors (Lipinski definition) is 1. The second-order valence-electron chi connectivity index (χ2n) is 7.11. The fourth-order valence-electron chi connectivity index (χ4n) is 3.75. The lowest BCUT2D eigenvalue weighted by molar-refractivity contribution is 0.313. The van der Waals surface area contributed by atoms with E-state index in [1.165, 1.54) is 11.3 Å². The minimum absolute atomic E-state index is 0.859. The standard InChI is InChI=1S/C20H22N6/c1-14-11-15(25-9-7-24(2)8-10-25)12-16-19(14)23-20(22-16)17-13-21-18-5-3-4-6-26(17)18/h3-6,11-13H,7-10H2,1-2H3,(H,22,23). The molecule has 0 unspecified atom stereocenters. The van der Waals surface area contributed by atoms with E-state index in [0.29, 0.717) is 0 Å². The van der Waals surface area contributed by atoms with Crippen molar-refractivity contribution in [2.24, 2.45) is 0 Å². The molecular formula is C20H22N6. The first kappa shape index (κ1) is 15.4. The number of hydrogen-bond acceptors (Lipinski definition) is 4. The average molecular weight is 346 g/mol. The molecule has 26 heavy (non-hydrogen) atoms. The molecule has 132 valence electrons. The fourth-order valence-corrected chi connectivity index (χ4v) is 3.75. The number of rotatable bonds is 2. The number of imidazole rings is 2. The molecule has 1 aliphatic rings. The Morgan fingerprint density at radius 2 is 1.92 bits per heavy atom. The number of H-pyrrole nitrogens is 1. The summed E-state index contributed by atoms with van der Waals surface area (Å²) in [4.78, 5) is 17.7. The predicted molar refractivity (Wildman–Crippen MR) is 105 cm³/mol. The van der Waals surface area contributed by atoms with Crippen LogP contribution in [-0.2, 0) is 0 Å². The van der Waals surface area contributed by atoms with Crippen LogP contribution < -0.4 is 4.90 Å². The first-order valence-electron chi connectivity index (χ1n) is 9.05. The van der Waals surface area contributed by atoms with Gasteiger partial charge in [0.15, 0.2) is 5.82 Å². The molecule has 6 heteroatoms. The number of likely N-dealkylation sites (N-methyl/N-ethyl adjacent to an activating group) is 1. The van der Waals surface area contributed by atoms with Crippen molar-refractivity contribution in [2.75, 3.05) is 38.1 Å². The Morgan fingerprint density at radius 3 is 2.77 bits per heavy atom. The van der Waals surface area contributed by atoms with Crippen molar-refractivity contribution in [2.45, 2.75) is 6.92 Å². The lowest BCUT2D eigenvalue weighted by atomic mass is 10.1. The molecule has 5 rings (SSSR count). The molecule has 0 amide bonds. The molecule has 0 bridgehead atoms. The van der Waals surface area contributed by atoms with Gasteiger partial charge in [0.25, 0.3) is 0 Å². The summed E-state index contributed by atoms with van der Waals surface area (Å²) < 4.78 is 2.06. The minimum atomic E-state index is 0.859. The summed E-state index contributed by atoms with van der Waals surface area (Å²) in [6, 6.07) is 10.5. The zero-order valence-electron chi connectivity index (χ0n) is 15.1. The van der Waals surface area contributed by atoms with E-state index in [0.717, 1.165) is 54.4 Å². The van der Waals surface area contributed by atoms with E-state index >= 15 is 0 Å². The van der Waals surface area contributed by atoms with Gasteiger partial charge in [0.05, 0.1) is 17.2 Å². The molecule has 1 saturated heterocycles. The van der Waals surface area contributed by atoms with Crippen LogP contribution in [-0.4, -0.2) is 57.5 Å². The van der Waals surface area contributed by atoms with Crippen molar-refractivity contribution in [3.8, 4) is 11.5 Å². The van der Waals surface area contributed by atoms with Gasteiger partial charge in [0.1, 0.15) is 11.3 Å². The fraction of sp³-hybridized carbons (Fsp3) is 0.300. The summed E-state index contributed by atoms with van der Waals surface area (Å²) in [6.45, 7) is 6.48. The van der Waals surface area contributed by atoms with Gasteiger partial charge in [0, 0.05) is 38.1 Å². The number of fused-ring (bicyclic) bond motifs is 2. The number of nitrogens with one attached hydrogen (secondary N) is 1. The highest BCUT2D eigenvalue weighted by atomic mass is 15.2. The monoisotopic (exact) mass is 346 g/mol. The molecule has 0 radical (unpaired) electrons. The quantitative estimate of drug-likeness (QED) is 0.606. The van der Waals surface area contributed by atoms with Crippen molar-refractivity contribution in [1.82, 2.24) is 24.3 Å².